The number of benzene rings is 2. The molecule has 0 saturated heterocycles. The molecule has 0 amide bonds. The van der Waals surface area contributed by atoms with Gasteiger partial charge in [0.2, 0.25) is 0 Å². The number of methoxy groups -OCH3 is 3. The number of ether oxygens (including phenoxy) is 3. The van der Waals surface area contributed by atoms with Crippen LogP contribution in [0.15, 0.2) is 47.3 Å². The monoisotopic (exact) mass is 462 g/mol. The predicted molar refractivity (Wildman–Crippen MR) is 127 cm³/mol. The summed E-state index contributed by atoms with van der Waals surface area (Å²) in [7, 11) is 4.79. The van der Waals surface area contributed by atoms with Gasteiger partial charge in [-0.15, -0.1) is 5.10 Å². The molecule has 3 heterocycles. The van der Waals surface area contributed by atoms with Crippen LogP contribution < -0.4 is 19.9 Å². The van der Waals surface area contributed by atoms with Crippen molar-refractivity contribution in [2.75, 3.05) is 39.4 Å². The minimum atomic E-state index is -0.489. The van der Waals surface area contributed by atoms with E-state index in [-0.39, 0.29) is 5.56 Å². The van der Waals surface area contributed by atoms with Gasteiger partial charge in [0.15, 0.2) is 17.3 Å². The van der Waals surface area contributed by atoms with Crippen molar-refractivity contribution in [2.24, 2.45) is 0 Å². The average Bonchev–Trinajstić information content (AvgIpc) is 3.50. The number of fused-ring (bicyclic) bond motifs is 2. The average molecular weight is 463 g/mol. The Morgan fingerprint density at radius 1 is 1.09 bits per heavy atom. The molecule has 1 N–H and O–H groups in total. The fourth-order valence-corrected chi connectivity index (χ4v) is 4.58. The van der Waals surface area contributed by atoms with Crippen molar-refractivity contribution in [1.29, 1.82) is 0 Å². The molecule has 1 atom stereocenters. The SMILES string of the molecule is COCCn1nnnc1C(c1cc2cc(OC)c(OC)cc2[nH]c1=O)N1CCc2ccccc21. The molecule has 176 valence electrons. The van der Waals surface area contributed by atoms with Crippen molar-refractivity contribution in [2.45, 2.75) is 19.0 Å². The van der Waals surface area contributed by atoms with E-state index >= 15 is 0 Å². The van der Waals surface area contributed by atoms with Crippen LogP contribution in [0, 0.1) is 0 Å². The van der Waals surface area contributed by atoms with Crippen LogP contribution in [0.3, 0.4) is 0 Å². The van der Waals surface area contributed by atoms with E-state index in [1.54, 1.807) is 32.1 Å². The Hall–Kier alpha value is -3.92. The molecule has 10 heteroatoms. The van der Waals surface area contributed by atoms with Crippen molar-refractivity contribution in [3.63, 3.8) is 0 Å². The highest BCUT2D eigenvalue weighted by Gasteiger charge is 2.34. The molecule has 2 aromatic heterocycles. The summed E-state index contributed by atoms with van der Waals surface area (Å²) in [5, 5.41) is 13.3. The number of anilines is 1. The van der Waals surface area contributed by atoms with Crippen LogP contribution in [-0.2, 0) is 17.7 Å². The molecule has 0 aliphatic carbocycles. The van der Waals surface area contributed by atoms with E-state index in [9.17, 15) is 4.79 Å². The molecule has 5 rings (SSSR count). The van der Waals surface area contributed by atoms with Gasteiger partial charge in [-0.3, -0.25) is 4.79 Å². The molecule has 0 bridgehead atoms. The second-order valence-electron chi connectivity index (χ2n) is 8.08. The highest BCUT2D eigenvalue weighted by molar-refractivity contribution is 5.83. The Bertz CT molecular complexity index is 1380. The maximum Gasteiger partial charge on any atom is 0.254 e. The topological polar surface area (TPSA) is 107 Å². The molecule has 0 radical (unpaired) electrons. The van der Waals surface area contributed by atoms with Gasteiger partial charge in [0, 0.05) is 36.4 Å². The van der Waals surface area contributed by atoms with Crippen LogP contribution in [0.1, 0.15) is 23.0 Å². The van der Waals surface area contributed by atoms with E-state index in [2.05, 4.69) is 37.5 Å². The lowest BCUT2D eigenvalue weighted by molar-refractivity contribution is 0.181. The van der Waals surface area contributed by atoms with Crippen LogP contribution in [0.2, 0.25) is 0 Å². The highest BCUT2D eigenvalue weighted by atomic mass is 16.5. The largest absolute Gasteiger partial charge is 0.493 e. The van der Waals surface area contributed by atoms with Gasteiger partial charge in [-0.05, 0) is 40.6 Å². The summed E-state index contributed by atoms with van der Waals surface area (Å²) in [6.45, 7) is 1.66. The minimum absolute atomic E-state index is 0.213. The van der Waals surface area contributed by atoms with Gasteiger partial charge in [-0.1, -0.05) is 18.2 Å². The second kappa shape index (κ2) is 9.14. The molecule has 10 nitrogen and oxygen atoms in total. The normalized spacial score (nSPS) is 13.8. The summed E-state index contributed by atoms with van der Waals surface area (Å²) in [5.41, 5.74) is 3.29. The number of rotatable bonds is 8. The molecule has 2 aromatic carbocycles. The zero-order chi connectivity index (χ0) is 23.7. The van der Waals surface area contributed by atoms with Gasteiger partial charge in [-0.2, -0.15) is 0 Å². The number of nitrogens with one attached hydrogen (secondary N) is 1. The lowest BCUT2D eigenvalue weighted by atomic mass is 10.0. The van der Waals surface area contributed by atoms with Gasteiger partial charge in [-0.25, -0.2) is 4.68 Å². The van der Waals surface area contributed by atoms with Crippen LogP contribution in [-0.4, -0.2) is 59.7 Å². The third kappa shape index (κ3) is 3.75. The molecular formula is C24H26N6O4. The summed E-state index contributed by atoms with van der Waals surface area (Å²) in [6.07, 6.45) is 0.878. The van der Waals surface area contributed by atoms with E-state index in [0.717, 1.165) is 24.0 Å². The van der Waals surface area contributed by atoms with Crippen LogP contribution in [0.5, 0.6) is 11.5 Å². The lowest BCUT2D eigenvalue weighted by Crippen LogP contribution is -2.34. The number of aromatic amines is 1. The van der Waals surface area contributed by atoms with Crippen molar-refractivity contribution >= 4 is 16.6 Å². The highest BCUT2D eigenvalue weighted by Crippen LogP contribution is 2.38. The Labute approximate surface area is 196 Å². The third-order valence-corrected chi connectivity index (χ3v) is 6.22. The maximum atomic E-state index is 13.5. The van der Waals surface area contributed by atoms with Gasteiger partial charge in [0.25, 0.3) is 5.56 Å². The molecule has 1 aliphatic heterocycles. The van der Waals surface area contributed by atoms with Crippen LogP contribution in [0.4, 0.5) is 5.69 Å². The summed E-state index contributed by atoms with van der Waals surface area (Å²) in [5.74, 6) is 1.71. The van der Waals surface area contributed by atoms with Gasteiger partial charge in [0.05, 0.1) is 32.9 Å². The lowest BCUT2D eigenvalue weighted by Gasteiger charge is -2.29. The number of pyridine rings is 1. The van der Waals surface area contributed by atoms with Gasteiger partial charge in [0.1, 0.15) is 6.04 Å². The molecular weight excluding hydrogens is 436 g/mol. The second-order valence-corrected chi connectivity index (χ2v) is 8.08. The summed E-state index contributed by atoms with van der Waals surface area (Å²) >= 11 is 0. The van der Waals surface area contributed by atoms with Crippen molar-refractivity contribution in [1.82, 2.24) is 25.2 Å². The van der Waals surface area contributed by atoms with E-state index in [1.807, 2.05) is 24.3 Å². The number of H-pyrrole nitrogens is 1. The summed E-state index contributed by atoms with van der Waals surface area (Å²) < 4.78 is 17.8. The molecule has 0 fully saturated rings. The van der Waals surface area contributed by atoms with Gasteiger partial charge >= 0.3 is 0 Å². The van der Waals surface area contributed by atoms with E-state index in [4.69, 9.17) is 14.2 Å². The van der Waals surface area contributed by atoms with Crippen LogP contribution >= 0.6 is 0 Å². The Kier molecular flexibility index (Phi) is 5.89. The van der Waals surface area contributed by atoms with Crippen LogP contribution in [0.25, 0.3) is 10.9 Å². The fourth-order valence-electron chi connectivity index (χ4n) is 4.58. The minimum Gasteiger partial charge on any atom is -0.493 e. The molecule has 4 aromatic rings. The number of hydrogen-bond acceptors (Lipinski definition) is 8. The first-order valence-electron chi connectivity index (χ1n) is 11.0. The number of aromatic nitrogens is 5. The van der Waals surface area contributed by atoms with Crippen molar-refractivity contribution in [3.8, 4) is 11.5 Å². The molecule has 1 aliphatic rings. The Morgan fingerprint density at radius 3 is 2.68 bits per heavy atom. The zero-order valence-corrected chi connectivity index (χ0v) is 19.3. The number of nitrogens with zero attached hydrogens (tertiary/aromatic N) is 5. The zero-order valence-electron chi connectivity index (χ0n) is 19.3. The first kappa shape index (κ1) is 21.9. The predicted octanol–water partition coefficient (Wildman–Crippen LogP) is 2.33. The summed E-state index contributed by atoms with van der Waals surface area (Å²) in [4.78, 5) is 18.7. The first-order chi connectivity index (χ1) is 16.6. The van der Waals surface area contributed by atoms with Gasteiger partial charge < -0.3 is 24.1 Å². The standard InChI is InChI=1S/C24H26N6O4/c1-32-11-10-30-23(26-27-28-30)22(29-9-8-15-6-4-5-7-19(15)29)17-12-16-13-20(33-2)21(34-3)14-18(16)25-24(17)31/h4-7,12-14,22H,8-11H2,1-3H3,(H,25,31). The Morgan fingerprint density at radius 2 is 1.88 bits per heavy atom. The summed E-state index contributed by atoms with van der Waals surface area (Å²) in [6, 6.07) is 13.2. The smallest absolute Gasteiger partial charge is 0.254 e. The third-order valence-electron chi connectivity index (χ3n) is 6.22. The van der Waals surface area contributed by atoms with E-state index < -0.39 is 6.04 Å². The number of tetrazole rings is 1. The molecule has 0 saturated carbocycles. The number of para-hydroxylation sites is 1. The molecule has 0 spiro atoms. The molecule has 34 heavy (non-hydrogen) atoms. The molecule has 1 unspecified atom stereocenters. The van der Waals surface area contributed by atoms with E-state index in [0.29, 0.717) is 41.6 Å². The van der Waals surface area contributed by atoms with Crippen molar-refractivity contribution < 1.29 is 14.2 Å². The first-order valence-corrected chi connectivity index (χ1v) is 11.0. The quantitative estimate of drug-likeness (QED) is 0.425. The number of hydrogen-bond donors (Lipinski definition) is 1. The van der Waals surface area contributed by atoms with Crippen molar-refractivity contribution in [3.05, 3.63) is 69.8 Å². The fraction of sp³-hybridized carbons (Fsp3) is 0.333. The Balaban J connectivity index is 1.70. The maximum absolute atomic E-state index is 13.5. The van der Waals surface area contributed by atoms with E-state index in [1.165, 1.54) is 5.56 Å².